The van der Waals surface area contributed by atoms with Crippen molar-refractivity contribution in [3.05, 3.63) is 0 Å². The predicted octanol–water partition coefficient (Wildman–Crippen LogP) is 2.80. The smallest absolute Gasteiger partial charge is 0.00905 e. The third-order valence-corrected chi connectivity index (χ3v) is 3.42. The van der Waals surface area contributed by atoms with Crippen LogP contribution in [0, 0.1) is 17.8 Å². The Bertz CT molecular complexity index is 121. The van der Waals surface area contributed by atoms with E-state index in [0.717, 1.165) is 17.8 Å². The average molecular weight is 169 g/mol. The summed E-state index contributed by atoms with van der Waals surface area (Å²) in [4.78, 5) is 0. The van der Waals surface area contributed by atoms with Crippen LogP contribution in [0.15, 0.2) is 0 Å². The van der Waals surface area contributed by atoms with E-state index in [1.165, 1.54) is 25.7 Å². The largest absolute Gasteiger partial charge is 0.327 e. The molecule has 0 spiro atoms. The molecule has 1 rings (SSSR count). The van der Waals surface area contributed by atoms with Crippen molar-refractivity contribution in [2.24, 2.45) is 23.5 Å². The molecule has 12 heavy (non-hydrogen) atoms. The maximum absolute atomic E-state index is 6.08. The van der Waals surface area contributed by atoms with E-state index in [9.17, 15) is 0 Å². The first-order valence-electron chi connectivity index (χ1n) is 5.40. The van der Waals surface area contributed by atoms with Gasteiger partial charge in [0.05, 0.1) is 0 Å². The van der Waals surface area contributed by atoms with Crippen molar-refractivity contribution in [1.82, 2.24) is 0 Å². The van der Waals surface area contributed by atoms with E-state index in [4.69, 9.17) is 5.73 Å². The molecule has 0 aliphatic heterocycles. The van der Waals surface area contributed by atoms with Crippen LogP contribution in [0.1, 0.15) is 46.5 Å². The molecule has 1 fully saturated rings. The van der Waals surface area contributed by atoms with Crippen LogP contribution in [-0.2, 0) is 0 Å². The lowest BCUT2D eigenvalue weighted by atomic mass is 9.72. The van der Waals surface area contributed by atoms with Crippen LogP contribution in [0.4, 0.5) is 0 Å². The summed E-state index contributed by atoms with van der Waals surface area (Å²) in [5, 5.41) is 0. The van der Waals surface area contributed by atoms with Crippen molar-refractivity contribution in [2.45, 2.75) is 52.5 Å². The molecular formula is C11H23N. The molecule has 0 heterocycles. The average Bonchev–Trinajstić information content (AvgIpc) is 2.01. The fourth-order valence-corrected chi connectivity index (χ4v) is 2.67. The Hall–Kier alpha value is -0.0400. The highest BCUT2D eigenvalue weighted by molar-refractivity contribution is 4.84. The van der Waals surface area contributed by atoms with Crippen molar-refractivity contribution in [2.75, 3.05) is 0 Å². The van der Waals surface area contributed by atoms with Gasteiger partial charge in [0.1, 0.15) is 0 Å². The lowest BCUT2D eigenvalue weighted by Crippen LogP contribution is -2.40. The Morgan fingerprint density at radius 2 is 1.67 bits per heavy atom. The summed E-state index contributed by atoms with van der Waals surface area (Å²) < 4.78 is 0. The molecule has 0 radical (unpaired) electrons. The first kappa shape index (κ1) is 10.0. The lowest BCUT2D eigenvalue weighted by Gasteiger charge is -2.36. The Morgan fingerprint density at radius 1 is 1.17 bits per heavy atom. The first-order chi connectivity index (χ1) is 5.65. The molecule has 1 heteroatoms. The Kier molecular flexibility index (Phi) is 3.57. The van der Waals surface area contributed by atoms with E-state index in [-0.39, 0.29) is 0 Å². The van der Waals surface area contributed by atoms with Crippen molar-refractivity contribution in [1.29, 1.82) is 0 Å². The molecule has 0 saturated heterocycles. The van der Waals surface area contributed by atoms with Gasteiger partial charge in [0.25, 0.3) is 0 Å². The lowest BCUT2D eigenvalue weighted by molar-refractivity contribution is 0.176. The normalized spacial score (nSPS) is 43.0. The van der Waals surface area contributed by atoms with Crippen LogP contribution in [0.2, 0.25) is 0 Å². The molecule has 2 atom stereocenters. The van der Waals surface area contributed by atoms with Gasteiger partial charge in [0.2, 0.25) is 0 Å². The minimum atomic E-state index is 0.457. The van der Waals surface area contributed by atoms with Crippen LogP contribution in [0.5, 0.6) is 0 Å². The monoisotopic (exact) mass is 169 g/mol. The zero-order valence-electron chi connectivity index (χ0n) is 8.72. The molecule has 1 aliphatic rings. The molecule has 0 amide bonds. The summed E-state index contributed by atoms with van der Waals surface area (Å²) in [7, 11) is 0. The third kappa shape index (κ3) is 2.22. The van der Waals surface area contributed by atoms with Gasteiger partial charge < -0.3 is 5.73 Å². The van der Waals surface area contributed by atoms with E-state index in [1.54, 1.807) is 0 Å². The molecule has 1 nitrogen and oxygen atoms in total. The van der Waals surface area contributed by atoms with Gasteiger partial charge in [-0.3, -0.25) is 0 Å². The number of hydrogen-bond acceptors (Lipinski definition) is 1. The molecule has 1 saturated carbocycles. The first-order valence-corrected chi connectivity index (χ1v) is 5.40. The SMILES string of the molecule is CCCC1CC(C)C(N)C(C)C1. The van der Waals surface area contributed by atoms with Crippen molar-refractivity contribution in [3.8, 4) is 0 Å². The molecule has 0 aromatic carbocycles. The zero-order valence-corrected chi connectivity index (χ0v) is 8.72. The highest BCUT2D eigenvalue weighted by Gasteiger charge is 2.29. The fraction of sp³-hybridized carbons (Fsp3) is 1.00. The summed E-state index contributed by atoms with van der Waals surface area (Å²) >= 11 is 0. The van der Waals surface area contributed by atoms with Gasteiger partial charge in [-0.05, 0) is 30.6 Å². The van der Waals surface area contributed by atoms with Gasteiger partial charge in [-0.2, -0.15) is 0 Å². The van der Waals surface area contributed by atoms with Gasteiger partial charge in [0.15, 0.2) is 0 Å². The molecule has 2 N–H and O–H groups in total. The van der Waals surface area contributed by atoms with Crippen LogP contribution >= 0.6 is 0 Å². The van der Waals surface area contributed by atoms with Crippen LogP contribution < -0.4 is 5.73 Å². The summed E-state index contributed by atoms with van der Waals surface area (Å²) in [5.74, 6) is 2.44. The molecule has 2 unspecified atom stereocenters. The van der Waals surface area contributed by atoms with Crippen LogP contribution in [-0.4, -0.2) is 6.04 Å². The van der Waals surface area contributed by atoms with E-state index >= 15 is 0 Å². The summed E-state index contributed by atoms with van der Waals surface area (Å²) in [6.45, 7) is 6.90. The van der Waals surface area contributed by atoms with Crippen LogP contribution in [0.25, 0.3) is 0 Å². The van der Waals surface area contributed by atoms with E-state index in [2.05, 4.69) is 20.8 Å². The maximum atomic E-state index is 6.08. The highest BCUT2D eigenvalue weighted by atomic mass is 14.7. The predicted molar refractivity (Wildman–Crippen MR) is 53.9 cm³/mol. The quantitative estimate of drug-likeness (QED) is 0.676. The highest BCUT2D eigenvalue weighted by Crippen LogP contribution is 2.34. The van der Waals surface area contributed by atoms with E-state index in [1.807, 2.05) is 0 Å². The number of hydrogen-bond donors (Lipinski definition) is 1. The Morgan fingerprint density at radius 3 is 2.08 bits per heavy atom. The van der Waals surface area contributed by atoms with Crippen molar-refractivity contribution in [3.63, 3.8) is 0 Å². The van der Waals surface area contributed by atoms with E-state index in [0.29, 0.717) is 6.04 Å². The summed E-state index contributed by atoms with van der Waals surface area (Å²) in [5.41, 5.74) is 6.08. The molecule has 0 aromatic rings. The molecular weight excluding hydrogens is 146 g/mol. The fourth-order valence-electron chi connectivity index (χ4n) is 2.67. The summed E-state index contributed by atoms with van der Waals surface area (Å²) in [6.07, 6.45) is 5.46. The van der Waals surface area contributed by atoms with Gasteiger partial charge in [-0.25, -0.2) is 0 Å². The second kappa shape index (κ2) is 4.27. The van der Waals surface area contributed by atoms with Gasteiger partial charge in [0, 0.05) is 6.04 Å². The van der Waals surface area contributed by atoms with Gasteiger partial charge in [-0.15, -0.1) is 0 Å². The number of nitrogens with two attached hydrogens (primary N) is 1. The topological polar surface area (TPSA) is 26.0 Å². The van der Waals surface area contributed by atoms with E-state index < -0.39 is 0 Å². The van der Waals surface area contributed by atoms with Crippen molar-refractivity contribution < 1.29 is 0 Å². The zero-order chi connectivity index (χ0) is 9.14. The van der Waals surface area contributed by atoms with Gasteiger partial charge in [-0.1, -0.05) is 33.6 Å². The molecule has 1 aliphatic carbocycles. The molecule has 0 aromatic heterocycles. The van der Waals surface area contributed by atoms with Crippen molar-refractivity contribution >= 4 is 0 Å². The minimum Gasteiger partial charge on any atom is -0.327 e. The standard InChI is InChI=1S/C11H23N/c1-4-5-10-6-8(2)11(12)9(3)7-10/h8-11H,4-7,12H2,1-3H3. The third-order valence-electron chi connectivity index (χ3n) is 3.42. The Labute approximate surface area is 76.7 Å². The Balaban J connectivity index is 2.42. The maximum Gasteiger partial charge on any atom is 0.00905 e. The second-order valence-corrected chi connectivity index (χ2v) is 4.66. The van der Waals surface area contributed by atoms with Gasteiger partial charge >= 0.3 is 0 Å². The van der Waals surface area contributed by atoms with Crippen LogP contribution in [0.3, 0.4) is 0 Å². The molecule has 0 bridgehead atoms. The minimum absolute atomic E-state index is 0.457. The second-order valence-electron chi connectivity index (χ2n) is 4.66. The number of rotatable bonds is 2. The molecule has 72 valence electrons. The summed E-state index contributed by atoms with van der Waals surface area (Å²) in [6, 6.07) is 0.457.